The highest BCUT2D eigenvalue weighted by Crippen LogP contribution is 2.00. The van der Waals surface area contributed by atoms with Gasteiger partial charge in [-0.1, -0.05) is 30.3 Å². The van der Waals surface area contributed by atoms with E-state index in [9.17, 15) is 9.59 Å². The molecule has 0 aliphatic heterocycles. The summed E-state index contributed by atoms with van der Waals surface area (Å²) in [5.74, 6) is -0.409. The van der Waals surface area contributed by atoms with E-state index >= 15 is 0 Å². The number of amides is 2. The Kier molecular flexibility index (Phi) is 6.04. The van der Waals surface area contributed by atoms with Crippen molar-refractivity contribution in [1.82, 2.24) is 16.2 Å². The van der Waals surface area contributed by atoms with Gasteiger partial charge in [-0.05, 0) is 23.9 Å². The number of methoxy groups -OCH3 is 1. The van der Waals surface area contributed by atoms with E-state index in [1.54, 1.807) is 6.08 Å². The van der Waals surface area contributed by atoms with Crippen molar-refractivity contribution in [3.63, 3.8) is 0 Å². The lowest BCUT2D eigenvalue weighted by atomic mass is 10.2. The van der Waals surface area contributed by atoms with Gasteiger partial charge < -0.3 is 4.74 Å². The van der Waals surface area contributed by atoms with E-state index in [2.05, 4.69) is 20.9 Å². The number of carbonyl (C=O) groups excluding carboxylic acids is 2. The average molecular weight is 279 g/mol. The van der Waals surface area contributed by atoms with Crippen LogP contribution in [0.3, 0.4) is 0 Å². The fraction of sp³-hybridized carbons (Fsp3) is 0.0833. The highest BCUT2D eigenvalue weighted by molar-refractivity contribution is 7.80. The van der Waals surface area contributed by atoms with Crippen LogP contribution in [0.5, 0.6) is 0 Å². The first-order valence-electron chi connectivity index (χ1n) is 5.30. The van der Waals surface area contributed by atoms with Crippen molar-refractivity contribution < 1.29 is 14.3 Å². The van der Waals surface area contributed by atoms with E-state index in [1.165, 1.54) is 13.2 Å². The molecule has 0 fully saturated rings. The predicted octanol–water partition coefficient (Wildman–Crippen LogP) is 0.961. The third-order valence-electron chi connectivity index (χ3n) is 1.93. The maximum atomic E-state index is 11.5. The molecule has 7 heteroatoms. The second-order valence-electron chi connectivity index (χ2n) is 3.30. The molecule has 0 atom stereocenters. The molecule has 2 amide bonds. The zero-order valence-electron chi connectivity index (χ0n) is 10.2. The smallest absolute Gasteiger partial charge is 0.425 e. The Bertz CT molecular complexity index is 488. The van der Waals surface area contributed by atoms with Gasteiger partial charge in [-0.25, -0.2) is 10.2 Å². The van der Waals surface area contributed by atoms with E-state index in [1.807, 2.05) is 30.3 Å². The zero-order valence-corrected chi connectivity index (χ0v) is 11.0. The first-order valence-corrected chi connectivity index (χ1v) is 5.70. The highest BCUT2D eigenvalue weighted by Gasteiger charge is 2.02. The van der Waals surface area contributed by atoms with Crippen LogP contribution in [0.15, 0.2) is 36.4 Å². The van der Waals surface area contributed by atoms with Crippen molar-refractivity contribution in [3.05, 3.63) is 42.0 Å². The third kappa shape index (κ3) is 6.18. The summed E-state index contributed by atoms with van der Waals surface area (Å²) in [5.41, 5.74) is 5.32. The number of benzene rings is 1. The third-order valence-corrected chi connectivity index (χ3v) is 2.13. The summed E-state index contributed by atoms with van der Waals surface area (Å²) in [5, 5.41) is 2.32. The zero-order chi connectivity index (χ0) is 14.1. The lowest BCUT2D eigenvalue weighted by Gasteiger charge is -2.08. The molecule has 0 aliphatic carbocycles. The molecule has 0 aromatic heterocycles. The average Bonchev–Trinajstić information content (AvgIpc) is 2.43. The van der Waals surface area contributed by atoms with Crippen LogP contribution in [0.25, 0.3) is 6.08 Å². The molecular weight excluding hydrogens is 266 g/mol. The van der Waals surface area contributed by atoms with Gasteiger partial charge >= 0.3 is 6.09 Å². The van der Waals surface area contributed by atoms with Crippen LogP contribution < -0.4 is 16.2 Å². The van der Waals surface area contributed by atoms with Gasteiger partial charge in [-0.2, -0.15) is 0 Å². The Morgan fingerprint density at radius 2 is 1.89 bits per heavy atom. The predicted molar refractivity (Wildman–Crippen MR) is 74.9 cm³/mol. The second-order valence-corrected chi connectivity index (χ2v) is 3.71. The van der Waals surface area contributed by atoms with Crippen molar-refractivity contribution in [2.75, 3.05) is 7.11 Å². The standard InChI is InChI=1S/C12H13N3O3S/c1-18-12(17)15-14-11(19)13-10(16)8-7-9-5-3-2-4-6-9/h2-8H,1H3,(H,15,17)(H2,13,14,16,19)/b8-7+. The summed E-state index contributed by atoms with van der Waals surface area (Å²) in [7, 11) is 1.21. The minimum absolute atomic E-state index is 0.0342. The van der Waals surface area contributed by atoms with Gasteiger partial charge in [-0.3, -0.25) is 15.5 Å². The van der Waals surface area contributed by atoms with Crippen molar-refractivity contribution in [2.24, 2.45) is 0 Å². The molecule has 1 aromatic carbocycles. The molecule has 0 saturated carbocycles. The molecule has 0 radical (unpaired) electrons. The van der Waals surface area contributed by atoms with Crippen molar-refractivity contribution >= 4 is 35.4 Å². The highest BCUT2D eigenvalue weighted by atomic mass is 32.1. The van der Waals surface area contributed by atoms with Crippen molar-refractivity contribution in [1.29, 1.82) is 0 Å². The number of hydrogen-bond acceptors (Lipinski definition) is 4. The molecular formula is C12H13N3O3S. The molecule has 100 valence electrons. The summed E-state index contributed by atoms with van der Waals surface area (Å²) in [6.07, 6.45) is 2.27. The molecule has 3 N–H and O–H groups in total. The summed E-state index contributed by atoms with van der Waals surface area (Å²) in [4.78, 5) is 22.2. The Balaban J connectivity index is 2.37. The van der Waals surface area contributed by atoms with Crippen LogP contribution in [-0.4, -0.2) is 24.2 Å². The number of ether oxygens (including phenoxy) is 1. The lowest BCUT2D eigenvalue weighted by Crippen LogP contribution is -2.48. The number of hydrazine groups is 1. The van der Waals surface area contributed by atoms with Gasteiger partial charge in [0.15, 0.2) is 5.11 Å². The fourth-order valence-electron chi connectivity index (χ4n) is 1.08. The number of hydrogen-bond donors (Lipinski definition) is 3. The Morgan fingerprint density at radius 3 is 2.53 bits per heavy atom. The molecule has 0 aliphatic rings. The summed E-state index contributed by atoms with van der Waals surface area (Å²) in [6.45, 7) is 0. The minimum Gasteiger partial charge on any atom is -0.452 e. The van der Waals surface area contributed by atoms with Gasteiger partial charge in [0.2, 0.25) is 5.91 Å². The van der Waals surface area contributed by atoms with Crippen LogP contribution in [0.4, 0.5) is 4.79 Å². The Hall–Kier alpha value is -2.41. The molecule has 19 heavy (non-hydrogen) atoms. The maximum absolute atomic E-state index is 11.5. The van der Waals surface area contributed by atoms with E-state index in [-0.39, 0.29) is 5.11 Å². The van der Waals surface area contributed by atoms with Gasteiger partial charge in [0.25, 0.3) is 0 Å². The van der Waals surface area contributed by atoms with Gasteiger partial charge in [0.05, 0.1) is 7.11 Å². The summed E-state index contributed by atoms with van der Waals surface area (Å²) in [6, 6.07) is 9.33. The van der Waals surface area contributed by atoms with E-state index in [0.717, 1.165) is 5.56 Å². The molecule has 0 unspecified atom stereocenters. The van der Waals surface area contributed by atoms with Crippen LogP contribution in [0.1, 0.15) is 5.56 Å². The first kappa shape index (κ1) is 14.7. The molecule has 6 nitrogen and oxygen atoms in total. The second kappa shape index (κ2) is 7.83. The Labute approximate surface area is 115 Å². The molecule has 1 aromatic rings. The molecule has 0 bridgehead atoms. The van der Waals surface area contributed by atoms with Gasteiger partial charge in [0, 0.05) is 6.08 Å². The topological polar surface area (TPSA) is 79.5 Å². The number of thiocarbonyl (C=S) groups is 1. The van der Waals surface area contributed by atoms with E-state index in [4.69, 9.17) is 12.2 Å². The number of rotatable bonds is 2. The van der Waals surface area contributed by atoms with E-state index in [0.29, 0.717) is 0 Å². The van der Waals surface area contributed by atoms with Gasteiger partial charge in [0.1, 0.15) is 0 Å². The van der Waals surface area contributed by atoms with Crippen LogP contribution >= 0.6 is 12.2 Å². The van der Waals surface area contributed by atoms with Crippen molar-refractivity contribution in [3.8, 4) is 0 Å². The lowest BCUT2D eigenvalue weighted by molar-refractivity contribution is -0.115. The van der Waals surface area contributed by atoms with Gasteiger partial charge in [-0.15, -0.1) is 0 Å². The maximum Gasteiger partial charge on any atom is 0.425 e. The number of carbonyl (C=O) groups is 2. The molecule has 0 spiro atoms. The van der Waals surface area contributed by atoms with Crippen LogP contribution in [-0.2, 0) is 9.53 Å². The van der Waals surface area contributed by atoms with Crippen molar-refractivity contribution in [2.45, 2.75) is 0 Å². The molecule has 0 saturated heterocycles. The largest absolute Gasteiger partial charge is 0.452 e. The monoisotopic (exact) mass is 279 g/mol. The Morgan fingerprint density at radius 1 is 1.21 bits per heavy atom. The van der Waals surface area contributed by atoms with E-state index < -0.39 is 12.0 Å². The molecule has 1 rings (SSSR count). The SMILES string of the molecule is COC(=O)NNC(=S)NC(=O)/C=C/c1ccccc1. The number of nitrogens with one attached hydrogen (secondary N) is 3. The normalized spacial score (nSPS) is 9.74. The van der Waals surface area contributed by atoms with Crippen LogP contribution in [0.2, 0.25) is 0 Å². The minimum atomic E-state index is -0.712. The molecule has 0 heterocycles. The summed E-state index contributed by atoms with van der Waals surface area (Å²) < 4.78 is 4.31. The quantitative estimate of drug-likeness (QED) is 0.427. The fourth-order valence-corrected chi connectivity index (χ4v) is 1.23. The first-order chi connectivity index (χ1) is 9.11. The van der Waals surface area contributed by atoms with Crippen LogP contribution in [0, 0.1) is 0 Å². The summed E-state index contributed by atoms with van der Waals surface area (Å²) >= 11 is 4.78.